The predicted molar refractivity (Wildman–Crippen MR) is 113 cm³/mol. The highest BCUT2D eigenvalue weighted by atomic mass is 19.4. The van der Waals surface area contributed by atoms with Crippen molar-refractivity contribution in [3.8, 4) is 17.2 Å². The quantitative estimate of drug-likeness (QED) is 0.559. The normalized spacial score (nSPS) is 12.2. The number of amides is 2. The summed E-state index contributed by atoms with van der Waals surface area (Å²) >= 11 is 0. The van der Waals surface area contributed by atoms with Crippen LogP contribution in [0.2, 0.25) is 0 Å². The van der Waals surface area contributed by atoms with E-state index in [4.69, 9.17) is 14.2 Å². The molecule has 0 bridgehead atoms. The summed E-state index contributed by atoms with van der Waals surface area (Å²) in [5.41, 5.74) is -0.391. The summed E-state index contributed by atoms with van der Waals surface area (Å²) < 4.78 is 54.5. The lowest BCUT2D eigenvalue weighted by atomic mass is 10.1. The van der Waals surface area contributed by atoms with Crippen LogP contribution in [-0.2, 0) is 11.0 Å². The van der Waals surface area contributed by atoms with Crippen molar-refractivity contribution in [2.45, 2.75) is 6.18 Å². The van der Waals surface area contributed by atoms with Crippen molar-refractivity contribution in [2.24, 2.45) is 0 Å². The molecule has 7 nitrogen and oxygen atoms in total. The van der Waals surface area contributed by atoms with Crippen molar-refractivity contribution < 1.29 is 37.0 Å². The Hall–Kier alpha value is -4.21. The van der Waals surface area contributed by atoms with Crippen molar-refractivity contribution in [1.29, 1.82) is 0 Å². The molecule has 0 aliphatic carbocycles. The number of hydrogen-bond donors (Lipinski definition) is 2. The molecule has 0 saturated carbocycles. The van der Waals surface area contributed by atoms with Gasteiger partial charge in [0.05, 0.1) is 5.56 Å². The smallest absolute Gasteiger partial charge is 0.416 e. The molecule has 33 heavy (non-hydrogen) atoms. The first-order chi connectivity index (χ1) is 15.8. The molecule has 1 aliphatic heterocycles. The highest BCUT2D eigenvalue weighted by molar-refractivity contribution is 6.05. The van der Waals surface area contributed by atoms with Crippen LogP contribution >= 0.6 is 0 Å². The Kier molecular flexibility index (Phi) is 6.07. The molecule has 3 aromatic rings. The van der Waals surface area contributed by atoms with Crippen molar-refractivity contribution >= 4 is 23.2 Å². The van der Waals surface area contributed by atoms with E-state index in [2.05, 4.69) is 10.6 Å². The summed E-state index contributed by atoms with van der Waals surface area (Å²) in [6.07, 6.45) is -4.52. The molecule has 170 valence electrons. The van der Waals surface area contributed by atoms with Gasteiger partial charge in [-0.1, -0.05) is 12.1 Å². The van der Waals surface area contributed by atoms with Crippen LogP contribution in [0.3, 0.4) is 0 Å². The number of nitrogens with one attached hydrogen (secondary N) is 2. The van der Waals surface area contributed by atoms with Crippen LogP contribution in [0.4, 0.5) is 24.5 Å². The van der Waals surface area contributed by atoms with Crippen molar-refractivity contribution in [2.75, 3.05) is 24.0 Å². The maximum Gasteiger partial charge on any atom is 0.416 e. The minimum absolute atomic E-state index is 0.00129. The van der Waals surface area contributed by atoms with Crippen LogP contribution in [0.1, 0.15) is 15.9 Å². The average molecular weight is 458 g/mol. The molecular formula is C23H17F3N2O5. The molecule has 2 N–H and O–H groups in total. The lowest BCUT2D eigenvalue weighted by molar-refractivity contribution is -0.137. The van der Waals surface area contributed by atoms with Crippen molar-refractivity contribution in [1.82, 2.24) is 0 Å². The van der Waals surface area contributed by atoms with Crippen LogP contribution < -0.4 is 24.8 Å². The van der Waals surface area contributed by atoms with Gasteiger partial charge >= 0.3 is 6.18 Å². The molecule has 0 saturated heterocycles. The second kappa shape index (κ2) is 9.11. The average Bonchev–Trinajstić information content (AvgIpc) is 3.25. The molecule has 1 aliphatic rings. The summed E-state index contributed by atoms with van der Waals surface area (Å²) in [6.45, 7) is -0.169. The third-order valence-electron chi connectivity index (χ3n) is 4.57. The summed E-state index contributed by atoms with van der Waals surface area (Å²) in [6, 6.07) is 15.2. The predicted octanol–water partition coefficient (Wildman–Crippen LogP) is 4.70. The Morgan fingerprint density at radius 2 is 1.61 bits per heavy atom. The van der Waals surface area contributed by atoms with Gasteiger partial charge in [-0.15, -0.1) is 0 Å². The minimum Gasteiger partial charge on any atom is -0.484 e. The standard InChI is InChI=1S/C23H17F3N2O5/c24-23(25,26)15-4-2-6-17(10-15)28-22(30)14-3-1-5-16(9-14)27-21(29)12-31-18-7-8-19-20(11-18)33-13-32-19/h1-11H,12-13H2,(H,27,29)(H,28,30). The largest absolute Gasteiger partial charge is 0.484 e. The Morgan fingerprint density at radius 3 is 2.39 bits per heavy atom. The van der Waals surface area contributed by atoms with Crippen LogP contribution in [0, 0.1) is 0 Å². The molecule has 0 aromatic heterocycles. The summed E-state index contributed by atoms with van der Waals surface area (Å²) in [4.78, 5) is 24.7. The highest BCUT2D eigenvalue weighted by Gasteiger charge is 2.30. The topological polar surface area (TPSA) is 85.9 Å². The van der Waals surface area contributed by atoms with E-state index in [1.54, 1.807) is 24.3 Å². The molecule has 0 fully saturated rings. The monoisotopic (exact) mass is 458 g/mol. The van der Waals surface area contributed by atoms with E-state index in [1.165, 1.54) is 30.3 Å². The van der Waals surface area contributed by atoms with Crippen LogP contribution in [0.25, 0.3) is 0 Å². The lowest BCUT2D eigenvalue weighted by Crippen LogP contribution is -2.20. The number of ether oxygens (including phenoxy) is 3. The molecular weight excluding hydrogens is 441 g/mol. The third-order valence-corrected chi connectivity index (χ3v) is 4.57. The molecule has 1 heterocycles. The van der Waals surface area contributed by atoms with Crippen LogP contribution in [-0.4, -0.2) is 25.2 Å². The molecule has 4 rings (SSSR count). The summed E-state index contributed by atoms with van der Waals surface area (Å²) in [5.74, 6) is 0.438. The first-order valence-corrected chi connectivity index (χ1v) is 9.69. The molecule has 3 aromatic carbocycles. The fraction of sp³-hybridized carbons (Fsp3) is 0.130. The van der Waals surface area contributed by atoms with Crippen molar-refractivity contribution in [3.63, 3.8) is 0 Å². The molecule has 0 spiro atoms. The zero-order valence-corrected chi connectivity index (χ0v) is 16.9. The zero-order valence-electron chi connectivity index (χ0n) is 16.9. The number of fused-ring (bicyclic) bond motifs is 1. The minimum atomic E-state index is -4.52. The van der Waals surface area contributed by atoms with Gasteiger partial charge in [0.15, 0.2) is 18.1 Å². The number of anilines is 2. The van der Waals surface area contributed by atoms with E-state index in [-0.39, 0.29) is 24.7 Å². The van der Waals surface area contributed by atoms with Gasteiger partial charge in [0, 0.05) is 23.0 Å². The van der Waals surface area contributed by atoms with E-state index < -0.39 is 23.6 Å². The number of carbonyl (C=O) groups excluding carboxylic acids is 2. The van der Waals surface area contributed by atoms with E-state index in [0.29, 0.717) is 22.9 Å². The number of hydrogen-bond acceptors (Lipinski definition) is 5. The zero-order chi connectivity index (χ0) is 23.4. The molecule has 10 heteroatoms. The lowest BCUT2D eigenvalue weighted by Gasteiger charge is -2.11. The van der Waals surface area contributed by atoms with Gasteiger partial charge in [0.1, 0.15) is 5.75 Å². The Balaban J connectivity index is 1.35. The molecule has 0 atom stereocenters. The number of halogens is 3. The Labute approximate surface area is 186 Å². The molecule has 0 radical (unpaired) electrons. The van der Waals surface area contributed by atoms with Gasteiger partial charge in [-0.05, 0) is 48.5 Å². The van der Waals surface area contributed by atoms with E-state index in [0.717, 1.165) is 12.1 Å². The fourth-order valence-electron chi connectivity index (χ4n) is 3.03. The summed E-state index contributed by atoms with van der Waals surface area (Å²) in [5, 5.41) is 5.02. The second-order valence-corrected chi connectivity index (χ2v) is 6.97. The maximum absolute atomic E-state index is 12.9. The number of benzene rings is 3. The first-order valence-electron chi connectivity index (χ1n) is 9.69. The Morgan fingerprint density at radius 1 is 0.879 bits per heavy atom. The molecule has 2 amide bonds. The fourth-order valence-corrected chi connectivity index (χ4v) is 3.03. The van der Waals surface area contributed by atoms with Gasteiger partial charge < -0.3 is 24.8 Å². The van der Waals surface area contributed by atoms with E-state index >= 15 is 0 Å². The number of rotatable bonds is 6. The number of carbonyl (C=O) groups is 2. The van der Waals surface area contributed by atoms with Crippen LogP contribution in [0.15, 0.2) is 66.7 Å². The Bertz CT molecular complexity index is 1200. The maximum atomic E-state index is 12.9. The second-order valence-electron chi connectivity index (χ2n) is 6.97. The van der Waals surface area contributed by atoms with Gasteiger partial charge in [0.25, 0.3) is 11.8 Å². The van der Waals surface area contributed by atoms with Gasteiger partial charge in [-0.2, -0.15) is 13.2 Å². The third kappa shape index (κ3) is 5.53. The SMILES string of the molecule is O=C(COc1ccc2c(c1)OCO2)Nc1cccc(C(=O)Nc2cccc(C(F)(F)F)c2)c1. The highest BCUT2D eigenvalue weighted by Crippen LogP contribution is 2.35. The summed E-state index contributed by atoms with van der Waals surface area (Å²) in [7, 11) is 0. The van der Waals surface area contributed by atoms with Gasteiger partial charge in [-0.3, -0.25) is 9.59 Å². The first kappa shape index (κ1) is 22.0. The van der Waals surface area contributed by atoms with Gasteiger partial charge in [-0.25, -0.2) is 0 Å². The van der Waals surface area contributed by atoms with Gasteiger partial charge in [0.2, 0.25) is 6.79 Å². The van der Waals surface area contributed by atoms with E-state index in [1.807, 2.05) is 0 Å². The van der Waals surface area contributed by atoms with Crippen molar-refractivity contribution in [3.05, 3.63) is 77.9 Å². The van der Waals surface area contributed by atoms with Crippen LogP contribution in [0.5, 0.6) is 17.2 Å². The van der Waals surface area contributed by atoms with E-state index in [9.17, 15) is 22.8 Å². The number of alkyl halides is 3. The molecule has 0 unspecified atom stereocenters.